The van der Waals surface area contributed by atoms with Gasteiger partial charge in [-0.05, 0) is 17.4 Å². The van der Waals surface area contributed by atoms with Crippen molar-refractivity contribution in [3.63, 3.8) is 0 Å². The van der Waals surface area contributed by atoms with Crippen LogP contribution < -0.4 is 5.32 Å². The van der Waals surface area contributed by atoms with E-state index in [4.69, 9.17) is 0 Å². The highest BCUT2D eigenvalue weighted by Gasteiger charge is 2.30. The fraction of sp³-hybridized carbons (Fsp3) is 0.429. The Morgan fingerprint density at radius 3 is 3.11 bits per heavy atom. The topological polar surface area (TPSA) is 46.9 Å². The molecule has 100 valence electrons. The molecule has 1 atom stereocenters. The van der Waals surface area contributed by atoms with Gasteiger partial charge in [0.05, 0.1) is 12.7 Å². The van der Waals surface area contributed by atoms with E-state index in [1.807, 2.05) is 16.9 Å². The van der Waals surface area contributed by atoms with Gasteiger partial charge < -0.3 is 5.32 Å². The molecule has 3 heterocycles. The summed E-state index contributed by atoms with van der Waals surface area (Å²) in [5, 5.41) is 9.48. The zero-order valence-electron chi connectivity index (χ0n) is 11.1. The van der Waals surface area contributed by atoms with E-state index in [9.17, 15) is 4.79 Å². The van der Waals surface area contributed by atoms with E-state index >= 15 is 0 Å². The lowest BCUT2D eigenvalue weighted by atomic mass is 9.85. The van der Waals surface area contributed by atoms with Gasteiger partial charge in [-0.15, -0.1) is 11.3 Å². The summed E-state index contributed by atoms with van der Waals surface area (Å²) in [6.45, 7) is 5.03. The third kappa shape index (κ3) is 2.30. The molecule has 0 spiro atoms. The number of nitrogens with one attached hydrogen (secondary N) is 1. The van der Waals surface area contributed by atoms with Gasteiger partial charge in [0.1, 0.15) is 5.82 Å². The molecular formula is C14H17N3OS. The van der Waals surface area contributed by atoms with Gasteiger partial charge >= 0.3 is 0 Å². The maximum Gasteiger partial charge on any atom is 0.226 e. The number of aromatic nitrogens is 2. The first-order valence-electron chi connectivity index (χ1n) is 6.53. The Bertz CT molecular complexity index is 586. The quantitative estimate of drug-likeness (QED) is 0.935. The number of carbonyl (C=O) groups excluding carboxylic acids is 1. The highest BCUT2D eigenvalue weighted by Crippen LogP contribution is 2.37. The lowest BCUT2D eigenvalue weighted by molar-refractivity contribution is -0.117. The van der Waals surface area contributed by atoms with Gasteiger partial charge in [0.15, 0.2) is 0 Å². The maximum absolute atomic E-state index is 11.8. The second-order valence-corrected chi connectivity index (χ2v) is 6.32. The van der Waals surface area contributed by atoms with Gasteiger partial charge in [0.25, 0.3) is 0 Å². The first-order valence-corrected chi connectivity index (χ1v) is 7.41. The number of amides is 1. The minimum Gasteiger partial charge on any atom is -0.311 e. The summed E-state index contributed by atoms with van der Waals surface area (Å²) in [6.07, 6.45) is 2.47. The van der Waals surface area contributed by atoms with E-state index in [0.717, 1.165) is 12.4 Å². The zero-order valence-corrected chi connectivity index (χ0v) is 11.9. The van der Waals surface area contributed by atoms with Crippen LogP contribution in [-0.4, -0.2) is 15.7 Å². The van der Waals surface area contributed by atoms with Crippen molar-refractivity contribution in [1.29, 1.82) is 0 Å². The van der Waals surface area contributed by atoms with Crippen LogP contribution in [0.5, 0.6) is 0 Å². The molecule has 2 aromatic heterocycles. The van der Waals surface area contributed by atoms with Crippen molar-refractivity contribution in [3.8, 4) is 0 Å². The van der Waals surface area contributed by atoms with E-state index in [0.29, 0.717) is 12.3 Å². The normalized spacial score (nSPS) is 18.5. The van der Waals surface area contributed by atoms with Crippen LogP contribution >= 0.6 is 11.3 Å². The monoisotopic (exact) mass is 275 g/mol. The van der Waals surface area contributed by atoms with Crippen LogP contribution in [0.3, 0.4) is 0 Å². The molecule has 0 saturated heterocycles. The number of hydrogen-bond acceptors (Lipinski definition) is 3. The summed E-state index contributed by atoms with van der Waals surface area (Å²) in [6, 6.07) is 4.12. The Kier molecular flexibility index (Phi) is 3.14. The largest absolute Gasteiger partial charge is 0.311 e. The molecule has 0 saturated carbocycles. The molecule has 3 rings (SSSR count). The van der Waals surface area contributed by atoms with Crippen LogP contribution in [0.2, 0.25) is 0 Å². The minimum atomic E-state index is 0.0964. The van der Waals surface area contributed by atoms with E-state index in [1.54, 1.807) is 11.3 Å². The van der Waals surface area contributed by atoms with Gasteiger partial charge in [-0.25, -0.2) is 4.68 Å². The predicted molar refractivity (Wildman–Crippen MR) is 76.5 cm³/mol. The lowest BCUT2D eigenvalue weighted by Gasteiger charge is -2.26. The first kappa shape index (κ1) is 12.4. The third-order valence-electron chi connectivity index (χ3n) is 3.62. The summed E-state index contributed by atoms with van der Waals surface area (Å²) in [5.41, 5.74) is 1.17. The molecule has 0 fully saturated rings. The minimum absolute atomic E-state index is 0.0964. The van der Waals surface area contributed by atoms with Crippen LogP contribution in [0.15, 0.2) is 23.7 Å². The fourth-order valence-corrected chi connectivity index (χ4v) is 3.25. The van der Waals surface area contributed by atoms with Crippen LogP contribution in [0.25, 0.3) is 0 Å². The average Bonchev–Trinajstić information content (AvgIpc) is 2.99. The molecule has 1 aliphatic rings. The van der Waals surface area contributed by atoms with E-state index in [1.165, 1.54) is 10.4 Å². The predicted octanol–water partition coefficient (Wildman–Crippen LogP) is 3.07. The molecule has 0 bridgehead atoms. The lowest BCUT2D eigenvalue weighted by Crippen LogP contribution is -2.26. The van der Waals surface area contributed by atoms with Crippen LogP contribution in [0.1, 0.15) is 36.6 Å². The van der Waals surface area contributed by atoms with Crippen molar-refractivity contribution < 1.29 is 4.79 Å². The molecule has 2 aromatic rings. The molecule has 0 aliphatic carbocycles. The molecule has 1 amide bonds. The molecule has 0 unspecified atom stereocenters. The Hall–Kier alpha value is -1.62. The van der Waals surface area contributed by atoms with Crippen molar-refractivity contribution >= 4 is 23.1 Å². The molecular weight excluding hydrogens is 258 g/mol. The second kappa shape index (κ2) is 4.81. The second-order valence-electron chi connectivity index (χ2n) is 5.29. The zero-order chi connectivity index (χ0) is 13.4. The molecule has 0 radical (unpaired) electrons. The van der Waals surface area contributed by atoms with Crippen LogP contribution in [0, 0.1) is 5.92 Å². The van der Waals surface area contributed by atoms with Crippen LogP contribution in [0.4, 0.5) is 5.82 Å². The van der Waals surface area contributed by atoms with E-state index in [-0.39, 0.29) is 11.8 Å². The Morgan fingerprint density at radius 1 is 1.58 bits per heavy atom. The maximum atomic E-state index is 11.8. The molecule has 5 heteroatoms. The molecule has 1 aliphatic heterocycles. The molecule has 19 heavy (non-hydrogen) atoms. The smallest absolute Gasteiger partial charge is 0.226 e. The number of hydrogen-bond donors (Lipinski definition) is 1. The number of thiophene rings is 1. The van der Waals surface area contributed by atoms with E-state index in [2.05, 4.69) is 35.7 Å². The molecule has 1 N–H and O–H groups in total. The fourth-order valence-electron chi connectivity index (χ4n) is 2.57. The summed E-state index contributed by atoms with van der Waals surface area (Å²) < 4.78 is 1.90. The Balaban J connectivity index is 1.95. The standard InChI is InChI=1S/C14H17N3OS/c1-9(2)11-6-13(18)16-14-12(11)7-15-17(14)8-10-4-3-5-19-10/h3-5,7,9,11H,6,8H2,1-2H3,(H,16,18)/t11-/m1/s1. The van der Waals surface area contributed by atoms with Crippen molar-refractivity contribution in [2.45, 2.75) is 32.7 Å². The average molecular weight is 275 g/mol. The number of carbonyl (C=O) groups is 1. The van der Waals surface area contributed by atoms with Gasteiger partial charge in [-0.2, -0.15) is 5.10 Å². The summed E-state index contributed by atoms with van der Waals surface area (Å²) in [4.78, 5) is 13.1. The molecule has 0 aromatic carbocycles. The van der Waals surface area contributed by atoms with Crippen molar-refractivity contribution in [1.82, 2.24) is 9.78 Å². The van der Waals surface area contributed by atoms with Crippen molar-refractivity contribution in [2.24, 2.45) is 5.92 Å². The number of rotatable bonds is 3. The number of anilines is 1. The highest BCUT2D eigenvalue weighted by atomic mass is 32.1. The molecule has 4 nitrogen and oxygen atoms in total. The van der Waals surface area contributed by atoms with Crippen LogP contribution in [-0.2, 0) is 11.3 Å². The summed E-state index contributed by atoms with van der Waals surface area (Å²) in [5.74, 6) is 1.70. The Morgan fingerprint density at radius 2 is 2.42 bits per heavy atom. The number of fused-ring (bicyclic) bond motifs is 1. The van der Waals surface area contributed by atoms with Crippen molar-refractivity contribution in [2.75, 3.05) is 5.32 Å². The van der Waals surface area contributed by atoms with Gasteiger partial charge in [-0.1, -0.05) is 19.9 Å². The number of nitrogens with zero attached hydrogens (tertiary/aromatic N) is 2. The van der Waals surface area contributed by atoms with Crippen molar-refractivity contribution in [3.05, 3.63) is 34.2 Å². The third-order valence-corrected chi connectivity index (χ3v) is 4.48. The van der Waals surface area contributed by atoms with Gasteiger partial charge in [0.2, 0.25) is 5.91 Å². The summed E-state index contributed by atoms with van der Waals surface area (Å²) >= 11 is 1.71. The van der Waals surface area contributed by atoms with Gasteiger partial charge in [-0.3, -0.25) is 4.79 Å². The SMILES string of the molecule is CC(C)[C@H]1CC(=O)Nc2c1cnn2Cc1cccs1. The summed E-state index contributed by atoms with van der Waals surface area (Å²) in [7, 11) is 0. The highest BCUT2D eigenvalue weighted by molar-refractivity contribution is 7.09. The Labute approximate surface area is 116 Å². The van der Waals surface area contributed by atoms with E-state index < -0.39 is 0 Å². The van der Waals surface area contributed by atoms with Gasteiger partial charge in [0, 0.05) is 22.8 Å². The first-order chi connectivity index (χ1) is 9.15.